The molecular formula is C7H6BrFN2. The molecule has 0 aliphatic rings. The third kappa shape index (κ3) is 2.08. The van der Waals surface area contributed by atoms with Crippen molar-refractivity contribution in [3.63, 3.8) is 0 Å². The zero-order chi connectivity index (χ0) is 8.27. The fraction of sp³-hybridized carbons (Fsp3) is 0.143. The molecule has 58 valence electrons. The lowest BCUT2D eigenvalue weighted by Gasteiger charge is -1.94. The molecule has 0 spiro atoms. The summed E-state index contributed by atoms with van der Waals surface area (Å²) in [6, 6.07) is 0. The highest BCUT2D eigenvalue weighted by atomic mass is 79.9. The first-order valence-corrected chi connectivity index (χ1v) is 3.84. The number of aromatic nitrogens is 2. The van der Waals surface area contributed by atoms with Gasteiger partial charge in [-0.1, -0.05) is 6.08 Å². The molecular weight excluding hydrogens is 211 g/mol. The lowest BCUT2D eigenvalue weighted by atomic mass is 10.3. The highest BCUT2D eigenvalue weighted by molar-refractivity contribution is 9.10. The SMILES string of the molecule is C/C=C/c1nc(Br)ncc1F. The fourth-order valence-corrected chi connectivity index (χ4v) is 0.926. The third-order valence-electron chi connectivity index (χ3n) is 1.07. The average molecular weight is 217 g/mol. The first kappa shape index (κ1) is 8.33. The standard InChI is InChI=1S/C7H6BrFN2/c1-2-3-6-5(9)4-10-7(8)11-6/h2-4H,1H3/b3-2+. The van der Waals surface area contributed by atoms with Gasteiger partial charge in [-0.05, 0) is 28.9 Å². The van der Waals surface area contributed by atoms with E-state index in [4.69, 9.17) is 0 Å². The minimum Gasteiger partial charge on any atom is -0.228 e. The quantitative estimate of drug-likeness (QED) is 0.675. The highest BCUT2D eigenvalue weighted by Gasteiger charge is 2.00. The molecule has 0 fully saturated rings. The van der Waals surface area contributed by atoms with Crippen molar-refractivity contribution < 1.29 is 4.39 Å². The van der Waals surface area contributed by atoms with Crippen molar-refractivity contribution in [1.29, 1.82) is 0 Å². The van der Waals surface area contributed by atoms with Gasteiger partial charge in [-0.15, -0.1) is 0 Å². The minimum absolute atomic E-state index is 0.300. The lowest BCUT2D eigenvalue weighted by molar-refractivity contribution is 0.608. The van der Waals surface area contributed by atoms with Crippen LogP contribution in [0.5, 0.6) is 0 Å². The summed E-state index contributed by atoms with van der Waals surface area (Å²) in [5, 5.41) is 0. The topological polar surface area (TPSA) is 25.8 Å². The van der Waals surface area contributed by atoms with Crippen molar-refractivity contribution in [3.8, 4) is 0 Å². The van der Waals surface area contributed by atoms with E-state index in [2.05, 4.69) is 25.9 Å². The monoisotopic (exact) mass is 216 g/mol. The van der Waals surface area contributed by atoms with Crippen molar-refractivity contribution in [3.05, 3.63) is 28.5 Å². The van der Waals surface area contributed by atoms with Crippen LogP contribution in [-0.2, 0) is 0 Å². The molecule has 0 radical (unpaired) electrons. The molecule has 0 saturated heterocycles. The molecule has 0 atom stereocenters. The Morgan fingerprint density at radius 1 is 1.64 bits per heavy atom. The largest absolute Gasteiger partial charge is 0.228 e. The zero-order valence-corrected chi connectivity index (χ0v) is 7.47. The maximum absolute atomic E-state index is 12.8. The molecule has 2 nitrogen and oxygen atoms in total. The van der Waals surface area contributed by atoms with Crippen LogP contribution in [0.15, 0.2) is 17.0 Å². The molecule has 1 heterocycles. The van der Waals surface area contributed by atoms with Crippen molar-refractivity contribution in [2.45, 2.75) is 6.92 Å². The number of hydrogen-bond acceptors (Lipinski definition) is 2. The maximum atomic E-state index is 12.8. The van der Waals surface area contributed by atoms with E-state index in [1.165, 1.54) is 0 Å². The Morgan fingerprint density at radius 3 is 3.00 bits per heavy atom. The van der Waals surface area contributed by atoms with E-state index in [0.29, 0.717) is 10.4 Å². The fourth-order valence-electron chi connectivity index (χ4n) is 0.632. The first-order chi connectivity index (χ1) is 5.24. The molecule has 1 rings (SSSR count). The van der Waals surface area contributed by atoms with Crippen LogP contribution in [0.3, 0.4) is 0 Å². The molecule has 0 aliphatic carbocycles. The van der Waals surface area contributed by atoms with Gasteiger partial charge in [-0.25, -0.2) is 14.4 Å². The predicted octanol–water partition coefficient (Wildman–Crippen LogP) is 2.41. The van der Waals surface area contributed by atoms with Gasteiger partial charge in [0, 0.05) is 0 Å². The van der Waals surface area contributed by atoms with E-state index < -0.39 is 5.82 Å². The molecule has 0 bridgehead atoms. The second kappa shape index (κ2) is 3.57. The summed E-state index contributed by atoms with van der Waals surface area (Å²) in [5.41, 5.74) is 0.300. The smallest absolute Gasteiger partial charge is 0.197 e. The van der Waals surface area contributed by atoms with Crippen molar-refractivity contribution in [2.75, 3.05) is 0 Å². The van der Waals surface area contributed by atoms with Crippen LogP contribution < -0.4 is 0 Å². The Morgan fingerprint density at radius 2 is 2.36 bits per heavy atom. The zero-order valence-electron chi connectivity index (χ0n) is 5.88. The summed E-state index contributed by atoms with van der Waals surface area (Å²) in [5.74, 6) is -0.411. The number of nitrogens with zero attached hydrogens (tertiary/aromatic N) is 2. The average Bonchev–Trinajstić information content (AvgIpc) is 1.98. The van der Waals surface area contributed by atoms with Crippen molar-refractivity contribution >= 4 is 22.0 Å². The normalized spacial score (nSPS) is 10.8. The van der Waals surface area contributed by atoms with E-state index in [9.17, 15) is 4.39 Å². The third-order valence-corrected chi connectivity index (χ3v) is 1.45. The molecule has 1 aromatic rings. The molecule has 0 unspecified atom stereocenters. The molecule has 0 aromatic carbocycles. The van der Waals surface area contributed by atoms with E-state index in [0.717, 1.165) is 6.20 Å². The molecule has 0 N–H and O–H groups in total. The highest BCUT2D eigenvalue weighted by Crippen LogP contribution is 2.08. The van der Waals surface area contributed by atoms with Gasteiger partial charge in [-0.3, -0.25) is 0 Å². The van der Waals surface area contributed by atoms with E-state index in [-0.39, 0.29) is 0 Å². The van der Waals surface area contributed by atoms with Gasteiger partial charge in [-0.2, -0.15) is 0 Å². The summed E-state index contributed by atoms with van der Waals surface area (Å²) in [6.07, 6.45) is 4.44. The molecule has 1 aromatic heterocycles. The van der Waals surface area contributed by atoms with Gasteiger partial charge in [0.05, 0.1) is 6.20 Å². The number of hydrogen-bond donors (Lipinski definition) is 0. The van der Waals surface area contributed by atoms with Crippen LogP contribution in [0.1, 0.15) is 12.6 Å². The van der Waals surface area contributed by atoms with Gasteiger partial charge >= 0.3 is 0 Å². The number of halogens is 2. The predicted molar refractivity (Wildman–Crippen MR) is 44.4 cm³/mol. The summed E-state index contributed by atoms with van der Waals surface area (Å²) < 4.78 is 13.2. The molecule has 4 heteroatoms. The van der Waals surface area contributed by atoms with Gasteiger partial charge in [0.25, 0.3) is 0 Å². The van der Waals surface area contributed by atoms with Crippen LogP contribution >= 0.6 is 15.9 Å². The maximum Gasteiger partial charge on any atom is 0.197 e. The van der Waals surface area contributed by atoms with Crippen LogP contribution in [0.2, 0.25) is 0 Å². The van der Waals surface area contributed by atoms with Gasteiger partial charge < -0.3 is 0 Å². The van der Waals surface area contributed by atoms with E-state index in [1.807, 2.05) is 0 Å². The Bertz CT molecular complexity index is 286. The number of rotatable bonds is 1. The van der Waals surface area contributed by atoms with Crippen LogP contribution in [0, 0.1) is 5.82 Å². The van der Waals surface area contributed by atoms with Gasteiger partial charge in [0.15, 0.2) is 10.6 Å². The van der Waals surface area contributed by atoms with Crippen LogP contribution in [0.4, 0.5) is 4.39 Å². The Kier molecular flexibility index (Phi) is 2.70. The van der Waals surface area contributed by atoms with Crippen molar-refractivity contribution in [1.82, 2.24) is 9.97 Å². The second-order valence-electron chi connectivity index (χ2n) is 1.87. The van der Waals surface area contributed by atoms with Crippen LogP contribution in [-0.4, -0.2) is 9.97 Å². The Hall–Kier alpha value is -0.770. The van der Waals surface area contributed by atoms with E-state index in [1.54, 1.807) is 19.1 Å². The first-order valence-electron chi connectivity index (χ1n) is 3.05. The lowest BCUT2D eigenvalue weighted by Crippen LogP contribution is -1.90. The Balaban J connectivity index is 3.12. The second-order valence-corrected chi connectivity index (χ2v) is 2.58. The summed E-state index contributed by atoms with van der Waals surface area (Å²) in [7, 11) is 0. The van der Waals surface area contributed by atoms with Crippen LogP contribution in [0.25, 0.3) is 6.08 Å². The molecule has 0 amide bonds. The van der Waals surface area contributed by atoms with E-state index >= 15 is 0 Å². The van der Waals surface area contributed by atoms with Gasteiger partial charge in [0.2, 0.25) is 0 Å². The molecule has 11 heavy (non-hydrogen) atoms. The summed E-state index contributed by atoms with van der Waals surface area (Å²) >= 11 is 3.04. The molecule has 0 saturated carbocycles. The minimum atomic E-state index is -0.411. The Labute approximate surface area is 72.3 Å². The summed E-state index contributed by atoms with van der Waals surface area (Å²) in [4.78, 5) is 7.42. The number of allylic oxidation sites excluding steroid dienone is 1. The molecule has 0 aliphatic heterocycles. The summed E-state index contributed by atoms with van der Waals surface area (Å²) in [6.45, 7) is 1.80. The van der Waals surface area contributed by atoms with Gasteiger partial charge in [0.1, 0.15) is 5.69 Å². The van der Waals surface area contributed by atoms with Crippen molar-refractivity contribution in [2.24, 2.45) is 0 Å².